The molecule has 120 valence electrons. The summed E-state index contributed by atoms with van der Waals surface area (Å²) in [6.07, 6.45) is 1.21. The molecule has 0 spiro atoms. The SMILES string of the molecule is Cc1ccccc1NC(=O)/C(C#N)=C\Nc1cccc([N+](=O)[O-])c1. The molecule has 0 bridgehead atoms. The number of carbonyl (C=O) groups is 1. The van der Waals surface area contributed by atoms with Crippen LogP contribution in [0.4, 0.5) is 17.1 Å². The number of hydrogen-bond donors (Lipinski definition) is 2. The van der Waals surface area contributed by atoms with Gasteiger partial charge in [0, 0.05) is 29.7 Å². The van der Waals surface area contributed by atoms with E-state index in [1.54, 1.807) is 24.3 Å². The van der Waals surface area contributed by atoms with Crippen molar-refractivity contribution in [3.8, 4) is 6.07 Å². The number of nitrogens with one attached hydrogen (secondary N) is 2. The second-order valence-electron chi connectivity index (χ2n) is 4.89. The van der Waals surface area contributed by atoms with Gasteiger partial charge in [0.2, 0.25) is 0 Å². The molecule has 0 saturated heterocycles. The molecular weight excluding hydrogens is 308 g/mol. The predicted octanol–water partition coefficient (Wildman–Crippen LogP) is 3.36. The average Bonchev–Trinajstić information content (AvgIpc) is 2.57. The van der Waals surface area contributed by atoms with E-state index in [1.807, 2.05) is 19.1 Å². The number of benzene rings is 2. The second-order valence-corrected chi connectivity index (χ2v) is 4.89. The zero-order valence-corrected chi connectivity index (χ0v) is 12.8. The van der Waals surface area contributed by atoms with Gasteiger partial charge in [0.05, 0.1) is 4.92 Å². The lowest BCUT2D eigenvalue weighted by Crippen LogP contribution is -2.15. The number of para-hydroxylation sites is 1. The zero-order chi connectivity index (χ0) is 17.5. The Bertz CT molecular complexity index is 853. The summed E-state index contributed by atoms with van der Waals surface area (Å²) in [4.78, 5) is 22.4. The van der Waals surface area contributed by atoms with Crippen molar-refractivity contribution >= 4 is 23.0 Å². The number of nitro benzene ring substituents is 1. The third-order valence-electron chi connectivity index (χ3n) is 3.20. The van der Waals surface area contributed by atoms with Crippen molar-refractivity contribution in [3.63, 3.8) is 0 Å². The summed E-state index contributed by atoms with van der Waals surface area (Å²) >= 11 is 0. The summed E-state index contributed by atoms with van der Waals surface area (Å²) in [5.74, 6) is -0.565. The molecule has 0 aliphatic rings. The van der Waals surface area contributed by atoms with Crippen LogP contribution in [0.25, 0.3) is 0 Å². The van der Waals surface area contributed by atoms with Crippen molar-refractivity contribution < 1.29 is 9.72 Å². The van der Waals surface area contributed by atoms with Crippen molar-refractivity contribution in [2.75, 3.05) is 10.6 Å². The molecule has 0 heterocycles. The van der Waals surface area contributed by atoms with E-state index in [2.05, 4.69) is 10.6 Å². The topological polar surface area (TPSA) is 108 Å². The number of anilines is 2. The summed E-state index contributed by atoms with van der Waals surface area (Å²) in [5.41, 5.74) is 1.65. The van der Waals surface area contributed by atoms with Crippen LogP contribution in [0.15, 0.2) is 60.3 Å². The molecule has 7 heteroatoms. The molecule has 2 aromatic carbocycles. The molecule has 0 aliphatic carbocycles. The lowest BCUT2D eigenvalue weighted by atomic mass is 10.2. The van der Waals surface area contributed by atoms with Gasteiger partial charge in [0.25, 0.3) is 11.6 Å². The summed E-state index contributed by atoms with van der Waals surface area (Å²) in [6, 6.07) is 14.8. The molecule has 0 atom stereocenters. The number of aryl methyl sites for hydroxylation is 1. The number of amides is 1. The molecule has 2 aromatic rings. The molecule has 2 rings (SSSR count). The number of nitro groups is 1. The van der Waals surface area contributed by atoms with Gasteiger partial charge in [-0.3, -0.25) is 14.9 Å². The Morgan fingerprint density at radius 3 is 2.67 bits per heavy atom. The predicted molar refractivity (Wildman–Crippen MR) is 90.2 cm³/mol. The number of non-ortho nitro benzene ring substituents is 1. The van der Waals surface area contributed by atoms with E-state index >= 15 is 0 Å². The fourth-order valence-corrected chi connectivity index (χ4v) is 1.92. The fraction of sp³-hybridized carbons (Fsp3) is 0.0588. The van der Waals surface area contributed by atoms with Crippen LogP contribution in [-0.4, -0.2) is 10.8 Å². The number of nitrogens with zero attached hydrogens (tertiary/aromatic N) is 2. The summed E-state index contributed by atoms with van der Waals surface area (Å²) in [5, 5.41) is 25.2. The number of carbonyl (C=O) groups excluding carboxylic acids is 1. The third kappa shape index (κ3) is 4.18. The molecule has 0 saturated carbocycles. The zero-order valence-electron chi connectivity index (χ0n) is 12.8. The van der Waals surface area contributed by atoms with E-state index in [9.17, 15) is 14.9 Å². The summed E-state index contributed by atoms with van der Waals surface area (Å²) in [6.45, 7) is 1.84. The first-order valence-electron chi connectivity index (χ1n) is 6.99. The van der Waals surface area contributed by atoms with E-state index in [0.29, 0.717) is 11.4 Å². The highest BCUT2D eigenvalue weighted by Crippen LogP contribution is 2.18. The molecule has 0 fully saturated rings. The van der Waals surface area contributed by atoms with Crippen LogP contribution in [-0.2, 0) is 4.79 Å². The maximum atomic E-state index is 12.1. The van der Waals surface area contributed by atoms with Crippen molar-refractivity contribution in [2.45, 2.75) is 6.92 Å². The van der Waals surface area contributed by atoms with E-state index in [-0.39, 0.29) is 11.3 Å². The molecule has 0 radical (unpaired) electrons. The van der Waals surface area contributed by atoms with Gasteiger partial charge in [0.1, 0.15) is 11.6 Å². The normalized spacial score (nSPS) is 10.6. The smallest absolute Gasteiger partial charge is 0.271 e. The van der Waals surface area contributed by atoms with Gasteiger partial charge in [-0.25, -0.2) is 0 Å². The minimum atomic E-state index is -0.565. The molecule has 7 nitrogen and oxygen atoms in total. The van der Waals surface area contributed by atoms with Crippen molar-refractivity contribution in [1.82, 2.24) is 0 Å². The first-order chi connectivity index (χ1) is 11.5. The maximum absolute atomic E-state index is 12.1. The number of hydrogen-bond acceptors (Lipinski definition) is 5. The Morgan fingerprint density at radius 1 is 1.25 bits per heavy atom. The van der Waals surface area contributed by atoms with Gasteiger partial charge >= 0.3 is 0 Å². The molecule has 2 N–H and O–H groups in total. The van der Waals surface area contributed by atoms with Gasteiger partial charge < -0.3 is 10.6 Å². The van der Waals surface area contributed by atoms with Crippen LogP contribution in [0.5, 0.6) is 0 Å². The monoisotopic (exact) mass is 322 g/mol. The minimum Gasteiger partial charge on any atom is -0.360 e. The fourth-order valence-electron chi connectivity index (χ4n) is 1.92. The highest BCUT2D eigenvalue weighted by molar-refractivity contribution is 6.07. The van der Waals surface area contributed by atoms with Gasteiger partial charge in [-0.1, -0.05) is 24.3 Å². The lowest BCUT2D eigenvalue weighted by molar-refractivity contribution is -0.384. The standard InChI is InChI=1S/C17H14N4O3/c1-12-5-2-3-8-16(12)20-17(22)13(10-18)11-19-14-6-4-7-15(9-14)21(23)24/h2-9,11,19H,1H3,(H,20,22)/b13-11-. The van der Waals surface area contributed by atoms with Gasteiger partial charge in [-0.2, -0.15) is 5.26 Å². The highest BCUT2D eigenvalue weighted by Gasteiger charge is 2.11. The van der Waals surface area contributed by atoms with Crippen LogP contribution >= 0.6 is 0 Å². The second kappa shape index (κ2) is 7.56. The molecule has 0 aromatic heterocycles. The Balaban J connectivity index is 2.13. The largest absolute Gasteiger partial charge is 0.360 e. The van der Waals surface area contributed by atoms with Crippen LogP contribution in [0.1, 0.15) is 5.56 Å². The van der Waals surface area contributed by atoms with Crippen molar-refractivity contribution in [3.05, 3.63) is 76.0 Å². The Morgan fingerprint density at radius 2 is 2.00 bits per heavy atom. The van der Waals surface area contributed by atoms with E-state index < -0.39 is 10.8 Å². The third-order valence-corrected chi connectivity index (χ3v) is 3.20. The summed E-state index contributed by atoms with van der Waals surface area (Å²) in [7, 11) is 0. The molecule has 1 amide bonds. The average molecular weight is 322 g/mol. The van der Waals surface area contributed by atoms with Crippen molar-refractivity contribution in [1.29, 1.82) is 5.26 Å². The Labute approximate surface area is 138 Å². The Kier molecular flexibility index (Phi) is 5.26. The number of nitriles is 1. The highest BCUT2D eigenvalue weighted by atomic mass is 16.6. The number of rotatable bonds is 5. The van der Waals surface area contributed by atoms with Crippen LogP contribution in [0, 0.1) is 28.4 Å². The van der Waals surface area contributed by atoms with E-state index in [4.69, 9.17) is 5.26 Å². The van der Waals surface area contributed by atoms with Gasteiger partial charge in [0.15, 0.2) is 0 Å². The van der Waals surface area contributed by atoms with E-state index in [0.717, 1.165) is 5.56 Å². The van der Waals surface area contributed by atoms with Crippen LogP contribution < -0.4 is 10.6 Å². The lowest BCUT2D eigenvalue weighted by Gasteiger charge is -2.07. The first-order valence-corrected chi connectivity index (χ1v) is 6.99. The van der Waals surface area contributed by atoms with Gasteiger partial charge in [-0.15, -0.1) is 0 Å². The first kappa shape index (κ1) is 16.7. The van der Waals surface area contributed by atoms with Crippen LogP contribution in [0.3, 0.4) is 0 Å². The van der Waals surface area contributed by atoms with Crippen molar-refractivity contribution in [2.24, 2.45) is 0 Å². The molecular formula is C17H14N4O3. The maximum Gasteiger partial charge on any atom is 0.271 e. The Hall–Kier alpha value is -3.66. The minimum absolute atomic E-state index is 0.0868. The molecule has 0 aliphatic heterocycles. The summed E-state index contributed by atoms with van der Waals surface area (Å²) < 4.78 is 0. The quantitative estimate of drug-likeness (QED) is 0.380. The molecule has 0 unspecified atom stereocenters. The molecule has 24 heavy (non-hydrogen) atoms. The van der Waals surface area contributed by atoms with E-state index in [1.165, 1.54) is 24.4 Å². The van der Waals surface area contributed by atoms with Crippen LogP contribution in [0.2, 0.25) is 0 Å². The van der Waals surface area contributed by atoms with Gasteiger partial charge in [-0.05, 0) is 24.6 Å².